The summed E-state index contributed by atoms with van der Waals surface area (Å²) >= 11 is 12.1. The van der Waals surface area contributed by atoms with Gasteiger partial charge in [-0.15, -0.1) is 0 Å². The van der Waals surface area contributed by atoms with Gasteiger partial charge in [0, 0.05) is 10.6 Å². The number of carbonyl (C=O) groups excluding carboxylic acids is 1. The number of rotatable bonds is 3. The van der Waals surface area contributed by atoms with E-state index in [0.29, 0.717) is 51.8 Å². The number of carbonyl (C=O) groups is 1. The molecular weight excluding hydrogens is 341 g/mol. The SMILES string of the molecule is COc1ccc(Cl)cc1NC(=O)c1cc(Cl)c2c(c1)OCCO2. The lowest BCUT2D eigenvalue weighted by atomic mass is 10.1. The number of methoxy groups -OCH3 is 1. The molecule has 0 radical (unpaired) electrons. The standard InChI is InChI=1S/C16H13Cl2NO4/c1-21-13-3-2-10(17)8-12(13)19-16(20)9-6-11(18)15-14(7-9)22-4-5-23-15/h2-3,6-8H,4-5H2,1H3,(H,19,20). The van der Waals surface area contributed by atoms with Gasteiger partial charge >= 0.3 is 0 Å². The van der Waals surface area contributed by atoms with E-state index < -0.39 is 0 Å². The van der Waals surface area contributed by atoms with Crippen molar-refractivity contribution >= 4 is 34.8 Å². The monoisotopic (exact) mass is 353 g/mol. The quantitative estimate of drug-likeness (QED) is 0.904. The highest BCUT2D eigenvalue weighted by atomic mass is 35.5. The van der Waals surface area contributed by atoms with Crippen molar-refractivity contribution in [1.29, 1.82) is 0 Å². The number of hydrogen-bond donors (Lipinski definition) is 1. The minimum atomic E-state index is -0.357. The summed E-state index contributed by atoms with van der Waals surface area (Å²) in [6, 6.07) is 8.08. The van der Waals surface area contributed by atoms with Crippen molar-refractivity contribution in [3.05, 3.63) is 45.9 Å². The molecule has 0 unspecified atom stereocenters. The minimum absolute atomic E-state index is 0.324. The number of hydrogen-bond acceptors (Lipinski definition) is 4. The van der Waals surface area contributed by atoms with Crippen LogP contribution >= 0.6 is 23.2 Å². The Morgan fingerprint density at radius 1 is 1.17 bits per heavy atom. The molecule has 2 aromatic rings. The Hall–Kier alpha value is -2.11. The highest BCUT2D eigenvalue weighted by Crippen LogP contribution is 2.38. The van der Waals surface area contributed by atoms with Gasteiger partial charge in [0.15, 0.2) is 11.5 Å². The Bertz CT molecular complexity index is 764. The number of ether oxygens (including phenoxy) is 3. The van der Waals surface area contributed by atoms with Crippen LogP contribution in [0.15, 0.2) is 30.3 Å². The molecule has 0 aromatic heterocycles. The molecule has 1 heterocycles. The zero-order chi connectivity index (χ0) is 16.4. The minimum Gasteiger partial charge on any atom is -0.495 e. The van der Waals surface area contributed by atoms with Crippen molar-refractivity contribution in [2.75, 3.05) is 25.6 Å². The summed E-state index contributed by atoms with van der Waals surface area (Å²) in [5.41, 5.74) is 0.817. The lowest BCUT2D eigenvalue weighted by molar-refractivity contribution is 0.102. The van der Waals surface area contributed by atoms with E-state index in [-0.39, 0.29) is 5.91 Å². The number of nitrogens with one attached hydrogen (secondary N) is 1. The van der Waals surface area contributed by atoms with Crippen LogP contribution in [0.1, 0.15) is 10.4 Å². The molecule has 0 fully saturated rings. The van der Waals surface area contributed by atoms with E-state index in [1.807, 2.05) is 0 Å². The summed E-state index contributed by atoms with van der Waals surface area (Å²) in [7, 11) is 1.51. The van der Waals surface area contributed by atoms with E-state index in [1.165, 1.54) is 13.2 Å². The fraction of sp³-hybridized carbons (Fsp3) is 0.188. The van der Waals surface area contributed by atoms with Gasteiger partial charge < -0.3 is 19.5 Å². The van der Waals surface area contributed by atoms with Crippen molar-refractivity contribution in [3.63, 3.8) is 0 Å². The molecule has 120 valence electrons. The maximum Gasteiger partial charge on any atom is 0.255 e. The number of halogens is 2. The number of anilines is 1. The molecule has 7 heteroatoms. The molecule has 0 saturated heterocycles. The van der Waals surface area contributed by atoms with Crippen LogP contribution in [0.2, 0.25) is 10.0 Å². The van der Waals surface area contributed by atoms with Crippen LogP contribution in [-0.2, 0) is 0 Å². The molecule has 0 saturated carbocycles. The average Bonchev–Trinajstić information content (AvgIpc) is 2.55. The lowest BCUT2D eigenvalue weighted by Gasteiger charge is -2.20. The summed E-state index contributed by atoms with van der Waals surface area (Å²) in [6.45, 7) is 0.842. The van der Waals surface area contributed by atoms with Gasteiger partial charge in [-0.3, -0.25) is 4.79 Å². The summed E-state index contributed by atoms with van der Waals surface area (Å²) < 4.78 is 16.1. The third kappa shape index (κ3) is 3.30. The van der Waals surface area contributed by atoms with Gasteiger partial charge in [0.05, 0.1) is 17.8 Å². The molecule has 3 rings (SSSR count). The number of amides is 1. The molecular formula is C16H13Cl2NO4. The molecule has 1 N–H and O–H groups in total. The Balaban J connectivity index is 1.89. The van der Waals surface area contributed by atoms with Gasteiger partial charge in [-0.2, -0.15) is 0 Å². The average molecular weight is 354 g/mol. The zero-order valence-corrected chi connectivity index (χ0v) is 13.7. The molecule has 0 bridgehead atoms. The third-order valence-corrected chi connectivity index (χ3v) is 3.78. The molecule has 0 spiro atoms. The second kappa shape index (κ2) is 6.56. The first-order chi connectivity index (χ1) is 11.1. The highest BCUT2D eigenvalue weighted by Gasteiger charge is 2.20. The van der Waals surface area contributed by atoms with E-state index in [1.54, 1.807) is 24.3 Å². The van der Waals surface area contributed by atoms with Gasteiger partial charge in [-0.05, 0) is 30.3 Å². The summed E-state index contributed by atoms with van der Waals surface area (Å²) in [5.74, 6) is 1.05. The molecule has 1 aliphatic rings. The van der Waals surface area contributed by atoms with Crippen LogP contribution in [0.3, 0.4) is 0 Å². The molecule has 0 aliphatic carbocycles. The Morgan fingerprint density at radius 3 is 2.74 bits per heavy atom. The van der Waals surface area contributed by atoms with Gasteiger partial charge in [0.25, 0.3) is 5.91 Å². The van der Waals surface area contributed by atoms with E-state index in [0.717, 1.165) is 0 Å². The van der Waals surface area contributed by atoms with Gasteiger partial charge in [0.1, 0.15) is 19.0 Å². The maximum absolute atomic E-state index is 12.5. The predicted molar refractivity (Wildman–Crippen MR) is 88.4 cm³/mol. The normalized spacial score (nSPS) is 12.7. The molecule has 2 aromatic carbocycles. The second-order valence-electron chi connectivity index (χ2n) is 4.78. The van der Waals surface area contributed by atoms with Crippen LogP contribution in [-0.4, -0.2) is 26.2 Å². The first-order valence-electron chi connectivity index (χ1n) is 6.82. The first kappa shape index (κ1) is 15.8. The zero-order valence-electron chi connectivity index (χ0n) is 12.2. The molecule has 1 amide bonds. The van der Waals surface area contributed by atoms with E-state index in [2.05, 4.69) is 5.32 Å². The largest absolute Gasteiger partial charge is 0.495 e. The smallest absolute Gasteiger partial charge is 0.255 e. The molecule has 1 aliphatic heterocycles. The molecule has 5 nitrogen and oxygen atoms in total. The fourth-order valence-electron chi connectivity index (χ4n) is 2.21. The third-order valence-electron chi connectivity index (χ3n) is 3.27. The van der Waals surface area contributed by atoms with Crippen molar-refractivity contribution in [2.24, 2.45) is 0 Å². The Morgan fingerprint density at radius 2 is 1.96 bits per heavy atom. The van der Waals surface area contributed by atoms with Crippen LogP contribution in [0, 0.1) is 0 Å². The van der Waals surface area contributed by atoms with Crippen LogP contribution in [0.25, 0.3) is 0 Å². The second-order valence-corrected chi connectivity index (χ2v) is 5.62. The molecule has 0 atom stereocenters. The van der Waals surface area contributed by atoms with Crippen molar-refractivity contribution in [1.82, 2.24) is 0 Å². The lowest BCUT2D eigenvalue weighted by Crippen LogP contribution is -2.18. The fourth-order valence-corrected chi connectivity index (χ4v) is 2.65. The Kier molecular flexibility index (Phi) is 4.50. The maximum atomic E-state index is 12.5. The molecule has 23 heavy (non-hydrogen) atoms. The van der Waals surface area contributed by atoms with Crippen molar-refractivity contribution in [3.8, 4) is 17.2 Å². The first-order valence-corrected chi connectivity index (χ1v) is 7.58. The van der Waals surface area contributed by atoms with Crippen molar-refractivity contribution < 1.29 is 19.0 Å². The van der Waals surface area contributed by atoms with Crippen molar-refractivity contribution in [2.45, 2.75) is 0 Å². The number of fused-ring (bicyclic) bond motifs is 1. The highest BCUT2D eigenvalue weighted by molar-refractivity contribution is 6.33. The van der Waals surface area contributed by atoms with Crippen LogP contribution in [0.4, 0.5) is 5.69 Å². The van der Waals surface area contributed by atoms with E-state index in [9.17, 15) is 4.79 Å². The topological polar surface area (TPSA) is 56.8 Å². The number of benzene rings is 2. The summed E-state index contributed by atoms with van der Waals surface area (Å²) in [4.78, 5) is 12.5. The van der Waals surface area contributed by atoms with E-state index >= 15 is 0 Å². The predicted octanol–water partition coefficient (Wildman–Crippen LogP) is 4.03. The van der Waals surface area contributed by atoms with Gasteiger partial charge in [-0.1, -0.05) is 23.2 Å². The van der Waals surface area contributed by atoms with Gasteiger partial charge in [-0.25, -0.2) is 0 Å². The van der Waals surface area contributed by atoms with Gasteiger partial charge in [0.2, 0.25) is 0 Å². The van der Waals surface area contributed by atoms with E-state index in [4.69, 9.17) is 37.4 Å². The summed E-state index contributed by atoms with van der Waals surface area (Å²) in [5, 5.41) is 3.56. The Labute approximate surface area is 143 Å². The summed E-state index contributed by atoms with van der Waals surface area (Å²) in [6.07, 6.45) is 0. The van der Waals surface area contributed by atoms with Crippen LogP contribution < -0.4 is 19.5 Å². The van der Waals surface area contributed by atoms with Crippen LogP contribution in [0.5, 0.6) is 17.2 Å².